The number of carbonyl (C=O) groups excluding carboxylic acids is 2. The van der Waals surface area contributed by atoms with Crippen LogP contribution in [0.15, 0.2) is 60.7 Å². The van der Waals surface area contributed by atoms with Crippen molar-refractivity contribution in [3.8, 4) is 0 Å². The van der Waals surface area contributed by atoms with Crippen LogP contribution < -0.4 is 4.90 Å². The molecule has 7 nitrogen and oxygen atoms in total. The van der Waals surface area contributed by atoms with E-state index in [1.165, 1.54) is 24.6 Å². The van der Waals surface area contributed by atoms with Crippen molar-refractivity contribution in [2.45, 2.75) is 38.1 Å². The Morgan fingerprint density at radius 2 is 1.70 bits per heavy atom. The van der Waals surface area contributed by atoms with Crippen LogP contribution in [0, 0.1) is 10.1 Å². The molecule has 0 aromatic heterocycles. The first-order valence-corrected chi connectivity index (χ1v) is 10.0. The average Bonchev–Trinajstić information content (AvgIpc) is 2.78. The normalized spacial score (nSPS) is 14.4. The monoisotopic (exact) mass is 408 g/mol. The average molecular weight is 408 g/mol. The van der Waals surface area contributed by atoms with Crippen molar-refractivity contribution >= 4 is 29.3 Å². The third-order valence-corrected chi connectivity index (χ3v) is 5.11. The predicted octanol–water partition coefficient (Wildman–Crippen LogP) is 4.52. The Labute approximate surface area is 175 Å². The second-order valence-corrected chi connectivity index (χ2v) is 7.15. The summed E-state index contributed by atoms with van der Waals surface area (Å²) in [4.78, 5) is 37.3. The fourth-order valence-corrected chi connectivity index (χ4v) is 3.69. The molecule has 1 aliphatic rings. The molecule has 0 radical (unpaired) electrons. The van der Waals surface area contributed by atoms with Crippen LogP contribution in [0.4, 0.5) is 11.4 Å². The van der Waals surface area contributed by atoms with E-state index in [9.17, 15) is 19.7 Å². The van der Waals surface area contributed by atoms with Crippen LogP contribution in [-0.2, 0) is 14.3 Å². The van der Waals surface area contributed by atoms with Gasteiger partial charge in [-0.05, 0) is 37.1 Å². The lowest BCUT2D eigenvalue weighted by Crippen LogP contribution is -2.43. The van der Waals surface area contributed by atoms with Crippen molar-refractivity contribution in [2.75, 3.05) is 11.5 Å². The summed E-state index contributed by atoms with van der Waals surface area (Å²) in [6.07, 6.45) is 7.57. The zero-order valence-electron chi connectivity index (χ0n) is 16.6. The summed E-state index contributed by atoms with van der Waals surface area (Å²) in [5, 5.41) is 11.0. The van der Waals surface area contributed by atoms with E-state index >= 15 is 0 Å². The largest absolute Gasteiger partial charge is 0.452 e. The Hall–Kier alpha value is -3.48. The lowest BCUT2D eigenvalue weighted by molar-refractivity contribution is -0.385. The summed E-state index contributed by atoms with van der Waals surface area (Å²) in [6, 6.07) is 15.6. The highest BCUT2D eigenvalue weighted by Crippen LogP contribution is 2.27. The van der Waals surface area contributed by atoms with Gasteiger partial charge < -0.3 is 9.64 Å². The van der Waals surface area contributed by atoms with E-state index in [2.05, 4.69) is 0 Å². The van der Waals surface area contributed by atoms with E-state index in [-0.39, 0.29) is 24.2 Å². The van der Waals surface area contributed by atoms with Crippen LogP contribution in [0.3, 0.4) is 0 Å². The molecule has 3 rings (SSSR count). The molecule has 1 aliphatic carbocycles. The third-order valence-electron chi connectivity index (χ3n) is 5.11. The molecular weight excluding hydrogens is 384 g/mol. The quantitative estimate of drug-likeness (QED) is 0.291. The summed E-state index contributed by atoms with van der Waals surface area (Å²) in [5.74, 6) is -1.00. The molecule has 7 heteroatoms. The van der Waals surface area contributed by atoms with Crippen molar-refractivity contribution in [1.29, 1.82) is 0 Å². The highest BCUT2D eigenvalue weighted by Gasteiger charge is 2.27. The lowest BCUT2D eigenvalue weighted by Gasteiger charge is -2.34. The smallest absolute Gasteiger partial charge is 0.331 e. The molecule has 1 amide bonds. The molecule has 2 aromatic rings. The SMILES string of the molecule is O=C(/C=C/c1ccccc1[N+](=O)[O-])OCC(=O)N(c1ccccc1)C1CCCCC1. The van der Waals surface area contributed by atoms with Crippen LogP contribution in [-0.4, -0.2) is 29.4 Å². The number of hydrogen-bond acceptors (Lipinski definition) is 5. The van der Waals surface area contributed by atoms with Gasteiger partial charge in [-0.3, -0.25) is 14.9 Å². The van der Waals surface area contributed by atoms with Gasteiger partial charge in [-0.15, -0.1) is 0 Å². The van der Waals surface area contributed by atoms with Crippen molar-refractivity contribution in [2.24, 2.45) is 0 Å². The molecule has 0 N–H and O–H groups in total. The van der Waals surface area contributed by atoms with Gasteiger partial charge in [0.05, 0.1) is 10.5 Å². The molecule has 1 fully saturated rings. The molecular formula is C23H24N2O5. The number of hydrogen-bond donors (Lipinski definition) is 0. The van der Waals surface area contributed by atoms with E-state index in [1.807, 2.05) is 30.3 Å². The molecule has 0 saturated heterocycles. The zero-order chi connectivity index (χ0) is 21.3. The summed E-state index contributed by atoms with van der Waals surface area (Å²) in [5.41, 5.74) is 0.977. The van der Waals surface area contributed by atoms with Gasteiger partial charge in [0.25, 0.3) is 11.6 Å². The minimum atomic E-state index is -0.724. The van der Waals surface area contributed by atoms with Crippen LogP contribution in [0.25, 0.3) is 6.08 Å². The van der Waals surface area contributed by atoms with Gasteiger partial charge in [0.1, 0.15) is 0 Å². The minimum Gasteiger partial charge on any atom is -0.452 e. The lowest BCUT2D eigenvalue weighted by atomic mass is 9.93. The Morgan fingerprint density at radius 3 is 2.40 bits per heavy atom. The van der Waals surface area contributed by atoms with Crippen molar-refractivity contribution < 1.29 is 19.2 Å². The molecule has 0 bridgehead atoms. The predicted molar refractivity (Wildman–Crippen MR) is 114 cm³/mol. The fourth-order valence-electron chi connectivity index (χ4n) is 3.69. The number of nitro groups is 1. The van der Waals surface area contributed by atoms with E-state index in [0.717, 1.165) is 37.4 Å². The van der Waals surface area contributed by atoms with Gasteiger partial charge in [-0.1, -0.05) is 49.6 Å². The number of carbonyl (C=O) groups is 2. The molecule has 0 heterocycles. The Kier molecular flexibility index (Phi) is 7.32. The number of anilines is 1. The number of para-hydroxylation sites is 2. The molecule has 0 unspecified atom stereocenters. The molecule has 30 heavy (non-hydrogen) atoms. The van der Waals surface area contributed by atoms with Crippen molar-refractivity contribution in [3.63, 3.8) is 0 Å². The van der Waals surface area contributed by atoms with E-state index < -0.39 is 10.9 Å². The number of nitro benzene ring substituents is 1. The summed E-state index contributed by atoms with van der Waals surface area (Å²) < 4.78 is 5.13. The van der Waals surface area contributed by atoms with E-state index in [4.69, 9.17) is 4.74 Å². The first-order chi connectivity index (χ1) is 14.6. The molecule has 0 atom stereocenters. The molecule has 2 aromatic carbocycles. The van der Waals surface area contributed by atoms with Crippen molar-refractivity contribution in [1.82, 2.24) is 0 Å². The van der Waals surface area contributed by atoms with Crippen molar-refractivity contribution in [3.05, 3.63) is 76.4 Å². The maximum atomic E-state index is 12.9. The van der Waals surface area contributed by atoms with Gasteiger partial charge in [-0.2, -0.15) is 0 Å². The highest BCUT2D eigenvalue weighted by atomic mass is 16.6. The summed E-state index contributed by atoms with van der Waals surface area (Å²) in [7, 11) is 0. The number of esters is 1. The maximum Gasteiger partial charge on any atom is 0.331 e. The van der Waals surface area contributed by atoms with Crippen LogP contribution in [0.2, 0.25) is 0 Å². The second kappa shape index (κ2) is 10.3. The molecule has 0 spiro atoms. The standard InChI is InChI=1S/C23H24N2O5/c26-22(24(19-10-3-1-4-11-19)20-12-5-2-6-13-20)17-30-23(27)16-15-18-9-7-8-14-21(18)25(28)29/h1,3-4,7-11,14-16,20H,2,5-6,12-13,17H2/b16-15+. The van der Waals surface area contributed by atoms with Gasteiger partial charge >= 0.3 is 5.97 Å². The van der Waals surface area contributed by atoms with Crippen LogP contribution in [0.5, 0.6) is 0 Å². The van der Waals surface area contributed by atoms with Gasteiger partial charge in [-0.25, -0.2) is 4.79 Å². The number of benzene rings is 2. The number of ether oxygens (including phenoxy) is 1. The van der Waals surface area contributed by atoms with Crippen LogP contribution in [0.1, 0.15) is 37.7 Å². The first-order valence-electron chi connectivity index (χ1n) is 10.0. The summed E-state index contributed by atoms with van der Waals surface area (Å²) >= 11 is 0. The van der Waals surface area contributed by atoms with E-state index in [0.29, 0.717) is 5.56 Å². The Bertz CT molecular complexity index is 920. The Balaban J connectivity index is 1.65. The van der Waals surface area contributed by atoms with Gasteiger partial charge in [0.2, 0.25) is 0 Å². The molecule has 0 aliphatic heterocycles. The Morgan fingerprint density at radius 1 is 1.03 bits per heavy atom. The topological polar surface area (TPSA) is 89.7 Å². The third kappa shape index (κ3) is 5.53. The second-order valence-electron chi connectivity index (χ2n) is 7.15. The number of amides is 1. The minimum absolute atomic E-state index is 0.0925. The van der Waals surface area contributed by atoms with Gasteiger partial charge in [0, 0.05) is 23.9 Å². The molecule has 1 saturated carbocycles. The number of nitrogens with zero attached hydrogens (tertiary/aromatic N) is 2. The maximum absolute atomic E-state index is 12.9. The van der Waals surface area contributed by atoms with E-state index in [1.54, 1.807) is 17.0 Å². The summed E-state index contributed by atoms with van der Waals surface area (Å²) in [6.45, 7) is -0.383. The van der Waals surface area contributed by atoms with Crippen LogP contribution >= 0.6 is 0 Å². The fraction of sp³-hybridized carbons (Fsp3) is 0.304. The molecule has 156 valence electrons. The van der Waals surface area contributed by atoms with Gasteiger partial charge in [0.15, 0.2) is 6.61 Å². The zero-order valence-corrected chi connectivity index (χ0v) is 16.6. The number of rotatable bonds is 7. The first kappa shape index (κ1) is 21.2. The highest BCUT2D eigenvalue weighted by molar-refractivity contribution is 5.97.